The van der Waals surface area contributed by atoms with Gasteiger partial charge in [-0.1, -0.05) is 37.6 Å². The van der Waals surface area contributed by atoms with E-state index in [0.29, 0.717) is 35.3 Å². The first kappa shape index (κ1) is 19.7. The number of esters is 1. The van der Waals surface area contributed by atoms with Crippen molar-refractivity contribution in [2.45, 2.75) is 44.8 Å². The average molecular weight is 368 g/mol. The van der Waals surface area contributed by atoms with Crippen LogP contribution in [-0.2, 0) is 19.1 Å². The van der Waals surface area contributed by atoms with E-state index in [4.69, 9.17) is 21.1 Å². The van der Waals surface area contributed by atoms with Crippen LogP contribution in [0.15, 0.2) is 24.3 Å². The standard InChI is InChI=1S/C19H26ClNO4/c1-12-9-10-19(11-13(12)2,18(23)25-4)21-17(22)16(24-3)14-5-7-15(20)8-6-14/h5-8,12-13,16H,9-11H2,1-4H3,(H,21,22). The fraction of sp³-hybridized carbons (Fsp3) is 0.579. The molecule has 0 bridgehead atoms. The lowest BCUT2D eigenvalue weighted by Crippen LogP contribution is -2.59. The lowest BCUT2D eigenvalue weighted by atomic mass is 9.71. The van der Waals surface area contributed by atoms with Crippen LogP contribution in [0.5, 0.6) is 0 Å². The number of benzene rings is 1. The number of ether oxygens (including phenoxy) is 2. The minimum absolute atomic E-state index is 0.310. The van der Waals surface area contributed by atoms with E-state index in [0.717, 1.165) is 6.42 Å². The number of halogens is 1. The van der Waals surface area contributed by atoms with Gasteiger partial charge in [-0.3, -0.25) is 4.79 Å². The maximum Gasteiger partial charge on any atom is 0.331 e. The normalized spacial score (nSPS) is 27.4. The van der Waals surface area contributed by atoms with Crippen molar-refractivity contribution >= 4 is 23.5 Å². The minimum atomic E-state index is -0.999. The van der Waals surface area contributed by atoms with Crippen molar-refractivity contribution < 1.29 is 19.1 Å². The van der Waals surface area contributed by atoms with Crippen LogP contribution in [-0.4, -0.2) is 31.6 Å². The predicted octanol–water partition coefficient (Wildman–Crippen LogP) is 3.51. The second-order valence-electron chi connectivity index (χ2n) is 6.93. The van der Waals surface area contributed by atoms with Gasteiger partial charge in [-0.05, 0) is 48.8 Å². The average Bonchev–Trinajstić information content (AvgIpc) is 2.59. The second kappa shape index (κ2) is 8.19. The molecular formula is C19H26ClNO4. The molecule has 1 aliphatic carbocycles. The number of rotatable bonds is 5. The molecule has 0 aliphatic heterocycles. The molecule has 0 aromatic heterocycles. The molecule has 2 rings (SSSR count). The van der Waals surface area contributed by atoms with Gasteiger partial charge in [-0.25, -0.2) is 4.79 Å². The van der Waals surface area contributed by atoms with Crippen LogP contribution < -0.4 is 5.32 Å². The first-order valence-corrected chi connectivity index (χ1v) is 8.89. The van der Waals surface area contributed by atoms with Gasteiger partial charge in [0.25, 0.3) is 5.91 Å². The van der Waals surface area contributed by atoms with Crippen LogP contribution in [0.25, 0.3) is 0 Å². The zero-order valence-corrected chi connectivity index (χ0v) is 15.9. The number of carbonyl (C=O) groups is 2. The quantitative estimate of drug-likeness (QED) is 0.809. The van der Waals surface area contributed by atoms with Crippen molar-refractivity contribution in [2.24, 2.45) is 11.8 Å². The molecule has 4 atom stereocenters. The summed E-state index contributed by atoms with van der Waals surface area (Å²) in [7, 11) is 2.82. The summed E-state index contributed by atoms with van der Waals surface area (Å²) in [5.74, 6) is 0.0661. The van der Waals surface area contributed by atoms with Crippen molar-refractivity contribution in [3.63, 3.8) is 0 Å². The zero-order valence-electron chi connectivity index (χ0n) is 15.2. The summed E-state index contributed by atoms with van der Waals surface area (Å²) in [6.45, 7) is 4.26. The van der Waals surface area contributed by atoms with Crippen molar-refractivity contribution in [1.82, 2.24) is 5.32 Å². The van der Waals surface area contributed by atoms with Gasteiger partial charge in [0, 0.05) is 12.1 Å². The highest BCUT2D eigenvalue weighted by Gasteiger charge is 2.46. The molecule has 1 saturated carbocycles. The molecule has 1 aromatic rings. The van der Waals surface area contributed by atoms with Gasteiger partial charge in [0.05, 0.1) is 7.11 Å². The van der Waals surface area contributed by atoms with Crippen molar-refractivity contribution in [3.05, 3.63) is 34.9 Å². The SMILES string of the molecule is COC(=O)C1(NC(=O)C(OC)c2ccc(Cl)cc2)CCC(C)C(C)C1. The summed E-state index contributed by atoms with van der Waals surface area (Å²) in [6, 6.07) is 6.90. The van der Waals surface area contributed by atoms with Crippen molar-refractivity contribution in [1.29, 1.82) is 0 Å². The van der Waals surface area contributed by atoms with E-state index in [9.17, 15) is 9.59 Å². The summed E-state index contributed by atoms with van der Waals surface area (Å²) in [6.07, 6.45) is 1.17. The number of carbonyl (C=O) groups excluding carboxylic acids is 2. The van der Waals surface area contributed by atoms with Gasteiger partial charge in [-0.15, -0.1) is 0 Å². The summed E-state index contributed by atoms with van der Waals surface area (Å²) >= 11 is 5.90. The fourth-order valence-electron chi connectivity index (χ4n) is 3.49. The molecule has 1 N–H and O–H groups in total. The summed E-state index contributed by atoms with van der Waals surface area (Å²) in [5, 5.41) is 3.51. The molecule has 25 heavy (non-hydrogen) atoms. The Kier molecular flexibility index (Phi) is 6.47. The first-order chi connectivity index (χ1) is 11.8. The Bertz CT molecular complexity index is 618. The Morgan fingerprint density at radius 1 is 1.20 bits per heavy atom. The third kappa shape index (κ3) is 4.33. The largest absolute Gasteiger partial charge is 0.467 e. The Morgan fingerprint density at radius 3 is 2.36 bits per heavy atom. The Labute approximate surface area is 154 Å². The molecule has 5 nitrogen and oxygen atoms in total. The molecule has 6 heteroatoms. The highest BCUT2D eigenvalue weighted by molar-refractivity contribution is 6.30. The lowest BCUT2D eigenvalue weighted by molar-refractivity contribution is -0.155. The van der Waals surface area contributed by atoms with Crippen LogP contribution in [0.3, 0.4) is 0 Å². The van der Waals surface area contributed by atoms with Crippen molar-refractivity contribution in [2.75, 3.05) is 14.2 Å². The van der Waals surface area contributed by atoms with E-state index in [1.165, 1.54) is 14.2 Å². The van der Waals surface area contributed by atoms with Crippen molar-refractivity contribution in [3.8, 4) is 0 Å². The Balaban J connectivity index is 2.23. The summed E-state index contributed by atoms with van der Waals surface area (Å²) in [5.41, 5.74) is -0.317. The number of hydrogen-bond acceptors (Lipinski definition) is 4. The van der Waals surface area contributed by atoms with Gasteiger partial charge in [0.1, 0.15) is 5.54 Å². The molecule has 0 heterocycles. The molecule has 1 fully saturated rings. The Morgan fingerprint density at radius 2 is 1.84 bits per heavy atom. The second-order valence-corrected chi connectivity index (χ2v) is 7.36. The first-order valence-electron chi connectivity index (χ1n) is 8.51. The van der Waals surface area contributed by atoms with Gasteiger partial charge in [0.15, 0.2) is 6.10 Å². The molecule has 4 unspecified atom stereocenters. The predicted molar refractivity (Wildman–Crippen MR) is 96.3 cm³/mol. The molecule has 0 saturated heterocycles. The van der Waals surface area contributed by atoms with E-state index in [1.54, 1.807) is 24.3 Å². The maximum absolute atomic E-state index is 12.9. The van der Waals surface area contributed by atoms with E-state index in [-0.39, 0.29) is 5.91 Å². The highest BCUT2D eigenvalue weighted by atomic mass is 35.5. The highest BCUT2D eigenvalue weighted by Crippen LogP contribution is 2.37. The van der Waals surface area contributed by atoms with E-state index >= 15 is 0 Å². The van der Waals surface area contributed by atoms with Crippen LogP contribution in [0.4, 0.5) is 0 Å². The fourth-order valence-corrected chi connectivity index (χ4v) is 3.62. The van der Waals surface area contributed by atoms with Crippen LogP contribution in [0, 0.1) is 11.8 Å². The molecule has 0 radical (unpaired) electrons. The minimum Gasteiger partial charge on any atom is -0.467 e. The van der Waals surface area contributed by atoms with Gasteiger partial charge < -0.3 is 14.8 Å². The monoisotopic (exact) mass is 367 g/mol. The molecule has 0 spiro atoms. The smallest absolute Gasteiger partial charge is 0.331 e. The van der Waals surface area contributed by atoms with Crippen LogP contribution >= 0.6 is 11.6 Å². The van der Waals surface area contributed by atoms with E-state index in [1.807, 2.05) is 0 Å². The third-order valence-electron chi connectivity index (χ3n) is 5.25. The third-order valence-corrected chi connectivity index (χ3v) is 5.51. The van der Waals surface area contributed by atoms with E-state index in [2.05, 4.69) is 19.2 Å². The molecule has 1 aliphatic rings. The van der Waals surface area contributed by atoms with Crippen LogP contribution in [0.2, 0.25) is 5.02 Å². The number of amides is 1. The maximum atomic E-state index is 12.9. The van der Waals surface area contributed by atoms with Crippen LogP contribution in [0.1, 0.15) is 44.8 Å². The number of hydrogen-bond donors (Lipinski definition) is 1. The van der Waals surface area contributed by atoms with Gasteiger partial charge in [0.2, 0.25) is 0 Å². The van der Waals surface area contributed by atoms with Gasteiger partial charge >= 0.3 is 5.97 Å². The summed E-state index contributed by atoms with van der Waals surface area (Å²) < 4.78 is 10.4. The summed E-state index contributed by atoms with van der Waals surface area (Å²) in [4.78, 5) is 25.3. The molecule has 1 amide bonds. The van der Waals surface area contributed by atoms with E-state index < -0.39 is 17.6 Å². The lowest BCUT2D eigenvalue weighted by Gasteiger charge is -2.41. The van der Waals surface area contributed by atoms with Gasteiger partial charge in [-0.2, -0.15) is 0 Å². The number of nitrogens with one attached hydrogen (secondary N) is 1. The molecule has 138 valence electrons. The molecular weight excluding hydrogens is 342 g/mol. The zero-order chi connectivity index (χ0) is 18.6. The molecule has 1 aromatic carbocycles. The number of methoxy groups -OCH3 is 2. The topological polar surface area (TPSA) is 64.6 Å². The Hall–Kier alpha value is -1.59.